The van der Waals surface area contributed by atoms with E-state index in [1.807, 2.05) is 29.2 Å². The van der Waals surface area contributed by atoms with Crippen molar-refractivity contribution >= 4 is 16.7 Å². The highest BCUT2D eigenvalue weighted by atomic mass is 16.5. The van der Waals surface area contributed by atoms with Gasteiger partial charge in [0, 0.05) is 49.9 Å². The molecule has 0 saturated carbocycles. The van der Waals surface area contributed by atoms with Crippen LogP contribution in [0.25, 0.3) is 10.8 Å². The molecule has 3 aromatic rings. The molecule has 0 bridgehead atoms. The molecule has 1 amide bonds. The number of piperidine rings is 1. The summed E-state index contributed by atoms with van der Waals surface area (Å²) in [6, 6.07) is 7.89. The highest BCUT2D eigenvalue weighted by Crippen LogP contribution is 2.26. The van der Waals surface area contributed by atoms with E-state index < -0.39 is 0 Å². The predicted molar refractivity (Wildman–Crippen MR) is 98.9 cm³/mol. The van der Waals surface area contributed by atoms with Crippen molar-refractivity contribution in [2.75, 3.05) is 20.2 Å². The van der Waals surface area contributed by atoms with Gasteiger partial charge in [0.15, 0.2) is 0 Å². The fourth-order valence-electron chi connectivity index (χ4n) is 3.36. The van der Waals surface area contributed by atoms with Crippen LogP contribution in [0.3, 0.4) is 0 Å². The Balaban J connectivity index is 1.42. The van der Waals surface area contributed by atoms with Gasteiger partial charge in [-0.1, -0.05) is 18.2 Å². The molecule has 4 rings (SSSR count). The van der Waals surface area contributed by atoms with Crippen LogP contribution >= 0.6 is 0 Å². The molecule has 0 aliphatic carbocycles. The van der Waals surface area contributed by atoms with Gasteiger partial charge in [0.1, 0.15) is 11.7 Å². The lowest BCUT2D eigenvalue weighted by Crippen LogP contribution is -2.41. The summed E-state index contributed by atoms with van der Waals surface area (Å²) in [5, 5.41) is 14.3. The third-order valence-corrected chi connectivity index (χ3v) is 4.76. The Morgan fingerprint density at radius 1 is 1.19 bits per heavy atom. The topological polar surface area (TPSA) is 82.4 Å². The number of fused-ring (bicyclic) bond motifs is 1. The van der Waals surface area contributed by atoms with Gasteiger partial charge >= 0.3 is 0 Å². The summed E-state index contributed by atoms with van der Waals surface area (Å²) in [6.45, 7) is 1.22. The Kier molecular flexibility index (Phi) is 4.62. The minimum Gasteiger partial charge on any atom is -0.479 e. The van der Waals surface area contributed by atoms with Crippen LogP contribution in [0, 0.1) is 0 Å². The van der Waals surface area contributed by atoms with Crippen LogP contribution in [-0.2, 0) is 7.05 Å². The predicted octanol–water partition coefficient (Wildman–Crippen LogP) is 2.06. The lowest BCUT2D eigenvalue weighted by molar-refractivity contribution is 0.0586. The van der Waals surface area contributed by atoms with Crippen molar-refractivity contribution in [2.45, 2.75) is 18.9 Å². The molecule has 140 valence electrons. The molecule has 3 heterocycles. The van der Waals surface area contributed by atoms with E-state index in [-0.39, 0.29) is 12.0 Å². The number of carbonyl (C=O) groups is 1. The number of benzene rings is 1. The van der Waals surface area contributed by atoms with Gasteiger partial charge in [-0.05, 0) is 6.07 Å². The fraction of sp³-hybridized carbons (Fsp3) is 0.368. The molecule has 0 N–H and O–H groups in total. The number of nitrogens with zero attached hydrogens (tertiary/aromatic N) is 5. The molecule has 27 heavy (non-hydrogen) atoms. The highest BCUT2D eigenvalue weighted by Gasteiger charge is 2.28. The fourth-order valence-corrected chi connectivity index (χ4v) is 3.36. The second-order valence-corrected chi connectivity index (χ2v) is 6.57. The maximum atomic E-state index is 12.8. The number of aryl methyl sites for hydroxylation is 1. The zero-order valence-corrected chi connectivity index (χ0v) is 15.3. The first kappa shape index (κ1) is 17.3. The van der Waals surface area contributed by atoms with Gasteiger partial charge in [0.25, 0.3) is 5.91 Å². The summed E-state index contributed by atoms with van der Waals surface area (Å²) in [6.07, 6.45) is 4.89. The van der Waals surface area contributed by atoms with Crippen molar-refractivity contribution in [3.05, 3.63) is 42.2 Å². The number of rotatable bonds is 4. The first-order chi connectivity index (χ1) is 13.2. The van der Waals surface area contributed by atoms with Crippen molar-refractivity contribution in [2.24, 2.45) is 7.05 Å². The van der Waals surface area contributed by atoms with Crippen molar-refractivity contribution < 1.29 is 14.3 Å². The van der Waals surface area contributed by atoms with E-state index in [2.05, 4.69) is 15.3 Å². The van der Waals surface area contributed by atoms with E-state index in [9.17, 15) is 4.79 Å². The number of likely N-dealkylation sites (tertiary alicyclic amines) is 1. The van der Waals surface area contributed by atoms with Crippen molar-refractivity contribution in [3.63, 3.8) is 0 Å². The second-order valence-electron chi connectivity index (χ2n) is 6.57. The molecule has 1 aliphatic heterocycles. The van der Waals surface area contributed by atoms with Gasteiger partial charge in [-0.2, -0.15) is 5.10 Å². The second kappa shape index (κ2) is 7.22. The minimum absolute atomic E-state index is 0.00458. The third kappa shape index (κ3) is 3.42. The monoisotopic (exact) mass is 367 g/mol. The molecule has 0 radical (unpaired) electrons. The van der Waals surface area contributed by atoms with Crippen LogP contribution in [0.4, 0.5) is 0 Å². The maximum Gasteiger partial charge on any atom is 0.260 e. The van der Waals surface area contributed by atoms with Gasteiger partial charge in [0.05, 0.1) is 13.3 Å². The van der Waals surface area contributed by atoms with E-state index in [0.29, 0.717) is 30.4 Å². The summed E-state index contributed by atoms with van der Waals surface area (Å²) < 4.78 is 12.9. The van der Waals surface area contributed by atoms with Gasteiger partial charge < -0.3 is 14.4 Å². The van der Waals surface area contributed by atoms with E-state index in [4.69, 9.17) is 9.47 Å². The minimum atomic E-state index is -0.0663. The quantitative estimate of drug-likeness (QED) is 0.702. The summed E-state index contributed by atoms with van der Waals surface area (Å²) >= 11 is 0. The van der Waals surface area contributed by atoms with Crippen LogP contribution in [0.1, 0.15) is 23.2 Å². The van der Waals surface area contributed by atoms with E-state index in [1.165, 1.54) is 7.11 Å². The van der Waals surface area contributed by atoms with Gasteiger partial charge in [-0.15, -0.1) is 10.2 Å². The number of carbonyl (C=O) groups excluding carboxylic acids is 1. The number of amides is 1. The summed E-state index contributed by atoms with van der Waals surface area (Å²) in [5.41, 5.74) is 0.485. The molecule has 0 atom stereocenters. The molecule has 1 aromatic carbocycles. The normalized spacial score (nSPS) is 15.1. The SMILES string of the molecule is COc1nn(C)cc1C(=O)N1CCC(Oc2nncc3ccccc23)CC1. The Labute approximate surface area is 156 Å². The molecule has 1 fully saturated rings. The molecule has 8 heteroatoms. The molecule has 1 saturated heterocycles. The third-order valence-electron chi connectivity index (χ3n) is 4.76. The van der Waals surface area contributed by atoms with Gasteiger partial charge in [-0.3, -0.25) is 9.48 Å². The summed E-state index contributed by atoms with van der Waals surface area (Å²) in [5.74, 6) is 0.835. The van der Waals surface area contributed by atoms with Gasteiger partial charge in [-0.25, -0.2) is 0 Å². The number of hydrogen-bond donors (Lipinski definition) is 0. The van der Waals surface area contributed by atoms with Crippen molar-refractivity contribution in [1.82, 2.24) is 24.9 Å². The first-order valence-electron chi connectivity index (χ1n) is 8.89. The Morgan fingerprint density at radius 2 is 1.96 bits per heavy atom. The molecular weight excluding hydrogens is 346 g/mol. The molecule has 8 nitrogen and oxygen atoms in total. The summed E-state index contributed by atoms with van der Waals surface area (Å²) in [4.78, 5) is 14.6. The van der Waals surface area contributed by atoms with Crippen LogP contribution in [0.2, 0.25) is 0 Å². The smallest absolute Gasteiger partial charge is 0.260 e. The van der Waals surface area contributed by atoms with Crippen LogP contribution in [-0.4, -0.2) is 57.1 Å². The van der Waals surface area contributed by atoms with Crippen LogP contribution in [0.5, 0.6) is 11.8 Å². The Hall–Kier alpha value is -3.16. The zero-order valence-electron chi connectivity index (χ0n) is 15.3. The highest BCUT2D eigenvalue weighted by molar-refractivity contribution is 5.96. The molecular formula is C19H21N5O3. The molecule has 1 aliphatic rings. The lowest BCUT2D eigenvalue weighted by Gasteiger charge is -2.31. The zero-order chi connectivity index (χ0) is 18.8. The van der Waals surface area contributed by atoms with E-state index in [1.54, 1.807) is 24.1 Å². The van der Waals surface area contributed by atoms with Crippen LogP contribution < -0.4 is 9.47 Å². The molecule has 2 aromatic heterocycles. The molecule has 0 unspecified atom stereocenters. The van der Waals surface area contributed by atoms with Gasteiger partial charge in [0.2, 0.25) is 11.8 Å². The average Bonchev–Trinajstić information content (AvgIpc) is 3.09. The van der Waals surface area contributed by atoms with Crippen molar-refractivity contribution in [3.8, 4) is 11.8 Å². The number of hydrogen-bond acceptors (Lipinski definition) is 6. The standard InChI is InChI=1S/C19H21N5O3/c1-23-12-16(18(22-23)26-2)19(25)24-9-7-14(8-10-24)27-17-15-6-4-3-5-13(15)11-20-21-17/h3-6,11-12,14H,7-10H2,1-2H3. The Morgan fingerprint density at radius 3 is 2.74 bits per heavy atom. The van der Waals surface area contributed by atoms with E-state index in [0.717, 1.165) is 23.6 Å². The van der Waals surface area contributed by atoms with E-state index >= 15 is 0 Å². The maximum absolute atomic E-state index is 12.8. The Bertz CT molecular complexity index is 958. The van der Waals surface area contributed by atoms with Crippen molar-refractivity contribution in [1.29, 1.82) is 0 Å². The number of aromatic nitrogens is 4. The average molecular weight is 367 g/mol. The number of ether oxygens (including phenoxy) is 2. The first-order valence-corrected chi connectivity index (χ1v) is 8.89. The summed E-state index contributed by atoms with van der Waals surface area (Å²) in [7, 11) is 3.29. The van der Waals surface area contributed by atoms with Crippen LogP contribution in [0.15, 0.2) is 36.7 Å². The number of methoxy groups -OCH3 is 1. The largest absolute Gasteiger partial charge is 0.479 e. The molecule has 0 spiro atoms. The lowest BCUT2D eigenvalue weighted by atomic mass is 10.1.